The molecule has 5 unspecified atom stereocenters. The number of nitrogens with zero attached hydrogens (tertiary/aromatic N) is 1. The molecule has 0 radical (unpaired) electrons. The van der Waals surface area contributed by atoms with Crippen LogP contribution in [0.15, 0.2) is 152 Å². The van der Waals surface area contributed by atoms with E-state index in [9.17, 15) is 0 Å². The summed E-state index contributed by atoms with van der Waals surface area (Å²) in [6, 6.07) is 57.9. The first-order valence-electron chi connectivity index (χ1n) is 19.8. The highest BCUT2D eigenvalue weighted by Crippen LogP contribution is 2.79. The third kappa shape index (κ3) is 4.03. The van der Waals surface area contributed by atoms with Crippen molar-refractivity contribution in [2.45, 2.75) is 56.8 Å². The summed E-state index contributed by atoms with van der Waals surface area (Å²) in [6.07, 6.45) is 5.68. The lowest BCUT2D eigenvalue weighted by Crippen LogP contribution is -2.47. The van der Waals surface area contributed by atoms with Gasteiger partial charge in [0, 0.05) is 22.5 Å². The van der Waals surface area contributed by atoms with E-state index in [0.717, 1.165) is 17.8 Å². The second-order valence-corrected chi connectivity index (χ2v) is 17.4. The molecule has 5 atom stereocenters. The number of benzene rings is 7. The minimum absolute atomic E-state index is 0.0648. The molecule has 0 amide bonds. The Labute approximate surface area is 313 Å². The Kier molecular flexibility index (Phi) is 6.02. The Morgan fingerprint density at radius 2 is 1.11 bits per heavy atom. The first-order chi connectivity index (χ1) is 26.0. The molecule has 0 heterocycles. The zero-order valence-electron chi connectivity index (χ0n) is 30.5. The summed E-state index contributed by atoms with van der Waals surface area (Å²) in [5.41, 5.74) is 18.3. The maximum absolute atomic E-state index is 2.59. The molecule has 2 bridgehead atoms. The van der Waals surface area contributed by atoms with E-state index >= 15 is 0 Å². The van der Waals surface area contributed by atoms with Crippen LogP contribution < -0.4 is 4.90 Å². The zero-order chi connectivity index (χ0) is 35.1. The highest BCUT2D eigenvalue weighted by atomic mass is 15.1. The molecule has 0 aromatic heterocycles. The van der Waals surface area contributed by atoms with Crippen LogP contribution in [-0.2, 0) is 5.41 Å². The molecule has 3 saturated carbocycles. The van der Waals surface area contributed by atoms with E-state index in [1.54, 1.807) is 11.1 Å². The first kappa shape index (κ1) is 30.1. The van der Waals surface area contributed by atoms with Crippen molar-refractivity contribution in [1.82, 2.24) is 0 Å². The van der Waals surface area contributed by atoms with E-state index in [1.165, 1.54) is 98.0 Å². The van der Waals surface area contributed by atoms with Crippen molar-refractivity contribution in [2.75, 3.05) is 4.90 Å². The summed E-state index contributed by atoms with van der Waals surface area (Å²) in [6.45, 7) is 4.74. The molecule has 0 aliphatic heterocycles. The van der Waals surface area contributed by atoms with Gasteiger partial charge in [0.15, 0.2) is 0 Å². The molecule has 7 aromatic rings. The molecule has 1 nitrogen and oxygen atoms in total. The molecule has 7 aromatic carbocycles. The summed E-state index contributed by atoms with van der Waals surface area (Å²) in [5.74, 6) is 3.26. The molecule has 5 aliphatic rings. The lowest BCUT2D eigenvalue weighted by atomic mass is 9.47. The summed E-state index contributed by atoms with van der Waals surface area (Å²) >= 11 is 0. The average molecular weight is 682 g/mol. The molecule has 53 heavy (non-hydrogen) atoms. The van der Waals surface area contributed by atoms with Gasteiger partial charge in [-0.2, -0.15) is 0 Å². The van der Waals surface area contributed by atoms with Gasteiger partial charge in [0.2, 0.25) is 0 Å². The number of anilines is 3. The Morgan fingerprint density at radius 3 is 1.98 bits per heavy atom. The zero-order valence-corrected chi connectivity index (χ0v) is 30.5. The Balaban J connectivity index is 0.964. The first-order valence-corrected chi connectivity index (χ1v) is 19.8. The van der Waals surface area contributed by atoms with E-state index in [-0.39, 0.29) is 5.41 Å². The van der Waals surface area contributed by atoms with Crippen LogP contribution in [0, 0.1) is 17.3 Å². The van der Waals surface area contributed by atoms with Crippen molar-refractivity contribution in [2.24, 2.45) is 17.3 Å². The highest BCUT2D eigenvalue weighted by Gasteiger charge is 2.68. The Bertz CT molecular complexity index is 2640. The predicted octanol–water partition coefficient (Wildman–Crippen LogP) is 14.0. The van der Waals surface area contributed by atoms with Crippen molar-refractivity contribution >= 4 is 27.8 Å². The van der Waals surface area contributed by atoms with Gasteiger partial charge in [-0.05, 0) is 158 Å². The van der Waals surface area contributed by atoms with Gasteiger partial charge in [-0.15, -0.1) is 0 Å². The maximum atomic E-state index is 2.59. The van der Waals surface area contributed by atoms with Gasteiger partial charge in [-0.1, -0.05) is 129 Å². The SMILES string of the molecule is CC1(C)c2ccccc2-c2ccc(N(c3ccc(-c4ccc5c(c4)C4CC6CC7CC(c8ccccc8-5)C64C7)cc3)c3ccc4ccccc4c3)cc21. The number of hydrogen-bond acceptors (Lipinski definition) is 1. The fourth-order valence-electron chi connectivity index (χ4n) is 12.4. The third-order valence-corrected chi connectivity index (χ3v) is 14.7. The molecule has 1 spiro atoms. The highest BCUT2D eigenvalue weighted by molar-refractivity contribution is 5.91. The second-order valence-electron chi connectivity index (χ2n) is 17.4. The smallest absolute Gasteiger partial charge is 0.0468 e. The minimum Gasteiger partial charge on any atom is -0.310 e. The van der Waals surface area contributed by atoms with Crippen molar-refractivity contribution in [3.05, 3.63) is 174 Å². The standard InChI is InChI=1S/C52H43N/c1-51(2)47-14-8-7-13-44(47)45-24-22-40(30-48(45)51)53(39-21-17-33-9-3-4-10-35(33)27-39)38-19-15-34(16-20-38)36-18-23-42-41-11-5-6-12-43(41)49-26-32-25-37-29-50(46(42)28-36)52(37,49)31-32/h3-24,27-28,30,32,37,49-50H,25-26,29,31H2,1-2H3. The van der Waals surface area contributed by atoms with Crippen molar-refractivity contribution in [1.29, 1.82) is 0 Å². The van der Waals surface area contributed by atoms with Crippen LogP contribution in [0.2, 0.25) is 0 Å². The molecular weight excluding hydrogens is 639 g/mol. The molecule has 256 valence electrons. The quantitative estimate of drug-likeness (QED) is 0.179. The molecule has 0 N–H and O–H groups in total. The van der Waals surface area contributed by atoms with E-state index in [0.29, 0.717) is 11.3 Å². The maximum Gasteiger partial charge on any atom is 0.0468 e. The fourth-order valence-corrected chi connectivity index (χ4v) is 12.4. The molecule has 12 rings (SSSR count). The number of hydrogen-bond donors (Lipinski definition) is 0. The molecule has 5 aliphatic carbocycles. The molecule has 0 saturated heterocycles. The van der Waals surface area contributed by atoms with Gasteiger partial charge in [0.25, 0.3) is 0 Å². The number of fused-ring (bicyclic) bond motifs is 10. The van der Waals surface area contributed by atoms with Crippen LogP contribution in [-0.4, -0.2) is 0 Å². The van der Waals surface area contributed by atoms with Crippen LogP contribution in [0.5, 0.6) is 0 Å². The monoisotopic (exact) mass is 681 g/mol. The van der Waals surface area contributed by atoms with Gasteiger partial charge in [-0.25, -0.2) is 0 Å². The second kappa shape index (κ2) is 10.6. The summed E-state index contributed by atoms with van der Waals surface area (Å²) in [7, 11) is 0. The van der Waals surface area contributed by atoms with Gasteiger partial charge >= 0.3 is 0 Å². The van der Waals surface area contributed by atoms with E-state index in [1.807, 2.05) is 0 Å². The van der Waals surface area contributed by atoms with Gasteiger partial charge in [0.05, 0.1) is 0 Å². The van der Waals surface area contributed by atoms with Crippen LogP contribution >= 0.6 is 0 Å². The lowest BCUT2D eigenvalue weighted by Gasteiger charge is -2.56. The molecular formula is C52H43N. The number of rotatable bonds is 4. The van der Waals surface area contributed by atoms with E-state index in [2.05, 4.69) is 170 Å². The van der Waals surface area contributed by atoms with Gasteiger partial charge < -0.3 is 4.90 Å². The van der Waals surface area contributed by atoms with Gasteiger partial charge in [0.1, 0.15) is 0 Å². The Hall–Kier alpha value is -5.40. The predicted molar refractivity (Wildman–Crippen MR) is 220 cm³/mol. The van der Waals surface area contributed by atoms with Crippen LogP contribution in [0.3, 0.4) is 0 Å². The molecule has 1 heteroatoms. The summed E-state index contributed by atoms with van der Waals surface area (Å²) in [4.78, 5) is 2.45. The third-order valence-electron chi connectivity index (χ3n) is 14.7. The Morgan fingerprint density at radius 1 is 0.472 bits per heavy atom. The van der Waals surface area contributed by atoms with Crippen LogP contribution in [0.1, 0.15) is 73.6 Å². The van der Waals surface area contributed by atoms with Crippen molar-refractivity contribution < 1.29 is 0 Å². The topological polar surface area (TPSA) is 3.24 Å². The normalized spacial score (nSPS) is 24.7. The van der Waals surface area contributed by atoms with Crippen LogP contribution in [0.4, 0.5) is 17.1 Å². The summed E-state index contributed by atoms with van der Waals surface area (Å²) in [5, 5.41) is 2.51. The molecule has 3 fully saturated rings. The lowest BCUT2D eigenvalue weighted by molar-refractivity contribution is -0.000459. The van der Waals surface area contributed by atoms with Gasteiger partial charge in [-0.3, -0.25) is 0 Å². The van der Waals surface area contributed by atoms with Crippen molar-refractivity contribution in [3.63, 3.8) is 0 Å². The van der Waals surface area contributed by atoms with Crippen molar-refractivity contribution in [3.8, 4) is 33.4 Å². The largest absolute Gasteiger partial charge is 0.310 e. The minimum atomic E-state index is -0.0648. The van der Waals surface area contributed by atoms with E-state index < -0.39 is 0 Å². The fraction of sp³-hybridized carbons (Fsp3) is 0.231. The van der Waals surface area contributed by atoms with E-state index in [4.69, 9.17) is 0 Å². The average Bonchev–Trinajstić information content (AvgIpc) is 3.78. The van der Waals surface area contributed by atoms with Crippen LogP contribution in [0.25, 0.3) is 44.2 Å². The summed E-state index contributed by atoms with van der Waals surface area (Å²) < 4.78 is 0.